The van der Waals surface area contributed by atoms with E-state index in [0.717, 1.165) is 26.4 Å². The van der Waals surface area contributed by atoms with E-state index in [4.69, 9.17) is 4.74 Å². The number of thiophene rings is 1. The molecule has 0 spiro atoms. The lowest BCUT2D eigenvalue weighted by Gasteiger charge is -2.18. The second kappa shape index (κ2) is 6.32. The Labute approximate surface area is 155 Å². The lowest BCUT2D eigenvalue weighted by atomic mass is 10.1. The van der Waals surface area contributed by atoms with Crippen LogP contribution >= 0.6 is 11.3 Å². The van der Waals surface area contributed by atoms with Gasteiger partial charge in [0.05, 0.1) is 17.1 Å². The lowest BCUT2D eigenvalue weighted by Crippen LogP contribution is -2.31. The number of hydrogen-bond donors (Lipinski definition) is 1. The van der Waals surface area contributed by atoms with Gasteiger partial charge in [0.1, 0.15) is 22.9 Å². The lowest BCUT2D eigenvalue weighted by molar-refractivity contribution is 0.0738. The number of aromatic nitrogens is 2. The van der Waals surface area contributed by atoms with Gasteiger partial charge in [0, 0.05) is 30.6 Å². The van der Waals surface area contributed by atoms with E-state index in [9.17, 15) is 9.90 Å². The van der Waals surface area contributed by atoms with Gasteiger partial charge in [-0.15, -0.1) is 11.3 Å². The summed E-state index contributed by atoms with van der Waals surface area (Å²) in [6.45, 7) is 5.61. The predicted molar refractivity (Wildman–Crippen MR) is 101 cm³/mol. The molecule has 0 radical (unpaired) electrons. The van der Waals surface area contributed by atoms with Gasteiger partial charge in [-0.1, -0.05) is 13.8 Å². The number of rotatable bonds is 2. The van der Waals surface area contributed by atoms with E-state index in [2.05, 4.69) is 18.9 Å². The number of nitrogens with zero attached hydrogens (tertiary/aromatic N) is 3. The van der Waals surface area contributed by atoms with Crippen LogP contribution in [0, 0.1) is 0 Å². The second-order valence-electron chi connectivity index (χ2n) is 6.86. The summed E-state index contributed by atoms with van der Waals surface area (Å²) in [6, 6.07) is 7.00. The smallest absolute Gasteiger partial charge is 0.264 e. The fraction of sp³-hybridized carbons (Fsp3) is 0.368. The fourth-order valence-corrected chi connectivity index (χ4v) is 4.33. The summed E-state index contributed by atoms with van der Waals surface area (Å²) in [5.41, 5.74) is 1.93. The first-order chi connectivity index (χ1) is 12.4. The van der Waals surface area contributed by atoms with Crippen LogP contribution in [0.1, 0.15) is 40.7 Å². The van der Waals surface area contributed by atoms with Gasteiger partial charge in [0.15, 0.2) is 0 Å². The molecule has 136 valence electrons. The number of phenolic OH excluding ortho intramolecular Hbond substituents is 1. The molecule has 1 aliphatic rings. The maximum absolute atomic E-state index is 13.1. The zero-order valence-electron chi connectivity index (χ0n) is 15.0. The summed E-state index contributed by atoms with van der Waals surface area (Å²) < 4.78 is 7.55. The van der Waals surface area contributed by atoms with E-state index < -0.39 is 0 Å². The molecule has 1 aromatic carbocycles. The van der Waals surface area contributed by atoms with Gasteiger partial charge in [-0.3, -0.25) is 9.48 Å². The van der Waals surface area contributed by atoms with Crippen LogP contribution in [-0.4, -0.2) is 38.8 Å². The first kappa shape index (κ1) is 16.9. The molecule has 0 bridgehead atoms. The summed E-state index contributed by atoms with van der Waals surface area (Å²) in [5, 5.41) is 15.3. The average molecular weight is 371 g/mol. The highest BCUT2D eigenvalue weighted by Gasteiger charge is 2.25. The Kier molecular flexibility index (Phi) is 4.11. The first-order valence-corrected chi connectivity index (χ1v) is 9.46. The van der Waals surface area contributed by atoms with Crippen molar-refractivity contribution < 1.29 is 14.6 Å². The van der Waals surface area contributed by atoms with Crippen LogP contribution in [-0.2, 0) is 13.6 Å². The molecule has 0 atom stereocenters. The maximum Gasteiger partial charge on any atom is 0.264 e. The van der Waals surface area contributed by atoms with Crippen molar-refractivity contribution >= 4 is 27.5 Å². The van der Waals surface area contributed by atoms with Gasteiger partial charge in [0.25, 0.3) is 5.91 Å². The first-order valence-electron chi connectivity index (χ1n) is 8.64. The van der Waals surface area contributed by atoms with E-state index in [1.807, 2.05) is 23.9 Å². The van der Waals surface area contributed by atoms with Gasteiger partial charge >= 0.3 is 0 Å². The number of fused-ring (bicyclic) bond motifs is 2. The molecule has 1 aliphatic heterocycles. The number of carbonyl (C=O) groups excluding carboxylic acids is 1. The molecule has 3 heterocycles. The largest absolute Gasteiger partial charge is 0.508 e. The molecule has 7 heteroatoms. The molecule has 0 unspecified atom stereocenters. The van der Waals surface area contributed by atoms with E-state index >= 15 is 0 Å². The van der Waals surface area contributed by atoms with E-state index in [-0.39, 0.29) is 11.7 Å². The number of hydrogen-bond acceptors (Lipinski definition) is 5. The van der Waals surface area contributed by atoms with Gasteiger partial charge in [0.2, 0.25) is 0 Å². The van der Waals surface area contributed by atoms with Gasteiger partial charge < -0.3 is 14.7 Å². The van der Waals surface area contributed by atoms with Crippen LogP contribution in [0.3, 0.4) is 0 Å². The normalized spacial score (nSPS) is 14.4. The molecule has 4 rings (SSSR count). The van der Waals surface area contributed by atoms with Crippen LogP contribution in [0.25, 0.3) is 10.2 Å². The number of aryl methyl sites for hydroxylation is 1. The minimum Gasteiger partial charge on any atom is -0.508 e. The van der Waals surface area contributed by atoms with Crippen molar-refractivity contribution in [1.29, 1.82) is 0 Å². The Morgan fingerprint density at radius 3 is 2.92 bits per heavy atom. The summed E-state index contributed by atoms with van der Waals surface area (Å²) in [6.07, 6.45) is 0. The molecule has 6 nitrogen and oxygen atoms in total. The fourth-order valence-electron chi connectivity index (χ4n) is 3.29. The van der Waals surface area contributed by atoms with Crippen LogP contribution in [0.15, 0.2) is 24.3 Å². The summed E-state index contributed by atoms with van der Waals surface area (Å²) in [4.78, 5) is 16.6. The standard InChI is InChI=1S/C19H21N3O3S/c1-11(2)17-14-9-16(26-19(14)21(3)20-17)18(24)22-6-7-25-15-8-13(23)5-4-12(15)10-22/h4-5,8-9,11,23H,6-7,10H2,1-3H3. The number of aromatic hydroxyl groups is 1. The van der Waals surface area contributed by atoms with E-state index in [1.54, 1.807) is 17.0 Å². The third-order valence-electron chi connectivity index (χ3n) is 4.62. The Balaban J connectivity index is 1.66. The highest BCUT2D eigenvalue weighted by molar-refractivity contribution is 7.20. The summed E-state index contributed by atoms with van der Waals surface area (Å²) >= 11 is 1.48. The molecule has 0 saturated heterocycles. The Morgan fingerprint density at radius 1 is 1.35 bits per heavy atom. The number of amides is 1. The van der Waals surface area contributed by atoms with E-state index in [0.29, 0.717) is 31.4 Å². The minimum absolute atomic E-state index is 0.00503. The average Bonchev–Trinajstić information content (AvgIpc) is 3.08. The van der Waals surface area contributed by atoms with Crippen LogP contribution in [0.4, 0.5) is 0 Å². The Bertz CT molecular complexity index is 989. The minimum atomic E-state index is 0.00503. The van der Waals surface area contributed by atoms with Crippen molar-refractivity contribution in [3.63, 3.8) is 0 Å². The van der Waals surface area contributed by atoms with Crippen LogP contribution < -0.4 is 4.74 Å². The molecule has 26 heavy (non-hydrogen) atoms. The molecule has 3 aromatic rings. The number of ether oxygens (including phenoxy) is 1. The SMILES string of the molecule is CC(C)c1nn(C)c2sc(C(=O)N3CCOc4cc(O)ccc4C3)cc12. The quantitative estimate of drug-likeness (QED) is 0.749. The van der Waals surface area contributed by atoms with Gasteiger partial charge in [-0.25, -0.2) is 0 Å². The number of benzene rings is 1. The van der Waals surface area contributed by atoms with Crippen molar-refractivity contribution in [2.75, 3.05) is 13.2 Å². The van der Waals surface area contributed by atoms with Crippen molar-refractivity contribution in [3.05, 3.63) is 40.4 Å². The Morgan fingerprint density at radius 2 is 2.15 bits per heavy atom. The molecule has 1 amide bonds. The molecule has 0 saturated carbocycles. The van der Waals surface area contributed by atoms with Crippen LogP contribution in [0.5, 0.6) is 11.5 Å². The zero-order chi connectivity index (χ0) is 18.4. The zero-order valence-corrected chi connectivity index (χ0v) is 15.8. The van der Waals surface area contributed by atoms with E-state index in [1.165, 1.54) is 11.3 Å². The molecule has 0 fully saturated rings. The molecule has 0 aliphatic carbocycles. The highest BCUT2D eigenvalue weighted by atomic mass is 32.1. The second-order valence-corrected chi connectivity index (χ2v) is 7.89. The molecule has 2 aromatic heterocycles. The third-order valence-corrected chi connectivity index (χ3v) is 5.81. The molecular formula is C19H21N3O3S. The third kappa shape index (κ3) is 2.82. The van der Waals surface area contributed by atoms with Crippen molar-refractivity contribution in [1.82, 2.24) is 14.7 Å². The van der Waals surface area contributed by atoms with Crippen molar-refractivity contribution in [2.24, 2.45) is 7.05 Å². The van der Waals surface area contributed by atoms with Crippen molar-refractivity contribution in [2.45, 2.75) is 26.3 Å². The summed E-state index contributed by atoms with van der Waals surface area (Å²) in [7, 11) is 1.92. The van der Waals surface area contributed by atoms with Gasteiger partial charge in [-0.2, -0.15) is 5.10 Å². The number of carbonyl (C=O) groups is 1. The predicted octanol–water partition coefficient (Wildman–Crippen LogP) is 3.50. The topological polar surface area (TPSA) is 67.6 Å². The highest BCUT2D eigenvalue weighted by Crippen LogP contribution is 2.33. The van der Waals surface area contributed by atoms with Crippen molar-refractivity contribution in [3.8, 4) is 11.5 Å². The summed E-state index contributed by atoms with van der Waals surface area (Å²) in [5.74, 6) is 1.12. The monoisotopic (exact) mass is 371 g/mol. The maximum atomic E-state index is 13.1. The molecular weight excluding hydrogens is 350 g/mol. The Hall–Kier alpha value is -2.54. The van der Waals surface area contributed by atoms with Crippen LogP contribution in [0.2, 0.25) is 0 Å². The van der Waals surface area contributed by atoms with Gasteiger partial charge in [-0.05, 0) is 24.1 Å². The molecule has 1 N–H and O–H groups in total. The number of phenols is 1.